The van der Waals surface area contributed by atoms with E-state index in [9.17, 15) is 14.4 Å². The fourth-order valence-corrected chi connectivity index (χ4v) is 4.46. The maximum atomic E-state index is 13.1. The smallest absolute Gasteiger partial charge is 0.245 e. The summed E-state index contributed by atoms with van der Waals surface area (Å²) in [6.07, 6.45) is 6.46. The second kappa shape index (κ2) is 10.1. The second-order valence-corrected chi connectivity index (χ2v) is 8.90. The van der Waals surface area contributed by atoms with Crippen LogP contribution in [0, 0.1) is 12.8 Å². The van der Waals surface area contributed by atoms with E-state index in [1.54, 1.807) is 4.90 Å². The monoisotopic (exact) mass is 413 g/mol. The van der Waals surface area contributed by atoms with Gasteiger partial charge in [-0.25, -0.2) is 0 Å². The van der Waals surface area contributed by atoms with E-state index in [0.717, 1.165) is 37.7 Å². The van der Waals surface area contributed by atoms with Gasteiger partial charge >= 0.3 is 0 Å². The number of nitrogens with one attached hydrogen (secondary N) is 2. The van der Waals surface area contributed by atoms with E-state index in [-0.39, 0.29) is 24.1 Å². The van der Waals surface area contributed by atoms with Gasteiger partial charge < -0.3 is 15.5 Å². The summed E-state index contributed by atoms with van der Waals surface area (Å²) in [5.41, 5.74) is 1.42. The molecule has 1 aromatic carbocycles. The highest BCUT2D eigenvalue weighted by atomic mass is 16.2. The fourth-order valence-electron chi connectivity index (χ4n) is 4.46. The largest absolute Gasteiger partial charge is 0.354 e. The molecule has 1 aliphatic carbocycles. The number of carbonyl (C=O) groups excluding carboxylic acids is 3. The van der Waals surface area contributed by atoms with E-state index in [0.29, 0.717) is 32.5 Å². The van der Waals surface area contributed by atoms with Gasteiger partial charge in [-0.15, -0.1) is 0 Å². The molecule has 3 amide bonds. The standard InChI is InChI=1S/C24H35N3O3/c1-3-4-14-25-23(30)24(12-6-5-7-13-24)26-22(29)20-15-21(28)27(17-20)16-19-10-8-18(2)9-11-19/h8-11,20H,3-7,12-17H2,1-2H3,(H,25,30)(H,26,29). The van der Waals surface area contributed by atoms with Crippen LogP contribution in [0.3, 0.4) is 0 Å². The number of carbonyl (C=O) groups is 3. The van der Waals surface area contributed by atoms with Crippen molar-refractivity contribution in [2.24, 2.45) is 5.92 Å². The van der Waals surface area contributed by atoms with Gasteiger partial charge in [0.2, 0.25) is 17.7 Å². The molecule has 0 radical (unpaired) electrons. The highest BCUT2D eigenvalue weighted by Gasteiger charge is 2.43. The van der Waals surface area contributed by atoms with Gasteiger partial charge in [0.1, 0.15) is 5.54 Å². The molecule has 6 nitrogen and oxygen atoms in total. The highest BCUT2D eigenvalue weighted by Crippen LogP contribution is 2.30. The van der Waals surface area contributed by atoms with Crippen LogP contribution in [0.15, 0.2) is 24.3 Å². The van der Waals surface area contributed by atoms with Crippen LogP contribution in [0.25, 0.3) is 0 Å². The molecule has 1 heterocycles. The van der Waals surface area contributed by atoms with Crippen molar-refractivity contribution < 1.29 is 14.4 Å². The Balaban J connectivity index is 1.62. The molecule has 1 saturated carbocycles. The molecule has 30 heavy (non-hydrogen) atoms. The minimum Gasteiger partial charge on any atom is -0.354 e. The predicted molar refractivity (Wildman–Crippen MR) is 117 cm³/mol. The van der Waals surface area contributed by atoms with Gasteiger partial charge in [-0.1, -0.05) is 62.4 Å². The van der Waals surface area contributed by atoms with Crippen molar-refractivity contribution in [3.8, 4) is 0 Å². The Labute approximate surface area is 179 Å². The SMILES string of the molecule is CCCCNC(=O)C1(NC(=O)C2CC(=O)N(Cc3ccc(C)cc3)C2)CCCCC1. The summed E-state index contributed by atoms with van der Waals surface area (Å²) in [4.78, 5) is 40.3. The van der Waals surface area contributed by atoms with Crippen LogP contribution in [0.1, 0.15) is 69.4 Å². The van der Waals surface area contributed by atoms with Gasteiger partial charge in [0.25, 0.3) is 0 Å². The second-order valence-electron chi connectivity index (χ2n) is 8.90. The zero-order chi connectivity index (χ0) is 21.6. The molecule has 2 aliphatic rings. The van der Waals surface area contributed by atoms with Crippen molar-refractivity contribution in [1.82, 2.24) is 15.5 Å². The summed E-state index contributed by atoms with van der Waals surface area (Å²) in [7, 11) is 0. The minimum absolute atomic E-state index is 0.000756. The van der Waals surface area contributed by atoms with Crippen LogP contribution < -0.4 is 10.6 Å². The Morgan fingerprint density at radius 2 is 1.83 bits per heavy atom. The number of rotatable bonds is 8. The number of nitrogens with zero attached hydrogens (tertiary/aromatic N) is 1. The molecule has 0 aromatic heterocycles. The van der Waals surface area contributed by atoms with Crippen LogP contribution in [-0.4, -0.2) is 41.2 Å². The van der Waals surface area contributed by atoms with E-state index < -0.39 is 11.5 Å². The van der Waals surface area contributed by atoms with Crippen LogP contribution in [0.5, 0.6) is 0 Å². The molecular weight excluding hydrogens is 378 g/mol. The molecule has 1 saturated heterocycles. The van der Waals surface area contributed by atoms with Gasteiger partial charge in [0.15, 0.2) is 0 Å². The lowest BCUT2D eigenvalue weighted by atomic mass is 9.80. The van der Waals surface area contributed by atoms with Crippen molar-refractivity contribution in [1.29, 1.82) is 0 Å². The van der Waals surface area contributed by atoms with E-state index in [1.807, 2.05) is 31.2 Å². The molecule has 1 aliphatic heterocycles. The zero-order valence-corrected chi connectivity index (χ0v) is 18.3. The Morgan fingerprint density at radius 1 is 1.13 bits per heavy atom. The molecule has 1 unspecified atom stereocenters. The first-order chi connectivity index (χ1) is 14.4. The van der Waals surface area contributed by atoms with Crippen molar-refractivity contribution in [2.45, 2.75) is 77.3 Å². The summed E-state index contributed by atoms with van der Waals surface area (Å²) in [6.45, 7) is 5.69. The van der Waals surface area contributed by atoms with Crippen molar-refractivity contribution in [3.63, 3.8) is 0 Å². The maximum absolute atomic E-state index is 13.1. The van der Waals surface area contributed by atoms with Crippen molar-refractivity contribution >= 4 is 17.7 Å². The molecule has 0 spiro atoms. The number of hydrogen-bond donors (Lipinski definition) is 2. The maximum Gasteiger partial charge on any atom is 0.245 e. The summed E-state index contributed by atoms with van der Waals surface area (Å²) in [5.74, 6) is -0.627. The van der Waals surface area contributed by atoms with Gasteiger partial charge in [-0.05, 0) is 31.7 Å². The molecule has 1 atom stereocenters. The average Bonchev–Trinajstić information content (AvgIpc) is 3.11. The lowest BCUT2D eigenvalue weighted by Crippen LogP contribution is -2.60. The minimum atomic E-state index is -0.823. The molecule has 3 rings (SSSR count). The Morgan fingerprint density at radius 3 is 2.50 bits per heavy atom. The highest BCUT2D eigenvalue weighted by molar-refractivity contribution is 5.94. The summed E-state index contributed by atoms with van der Waals surface area (Å²) < 4.78 is 0. The molecule has 0 bridgehead atoms. The third-order valence-electron chi connectivity index (χ3n) is 6.40. The average molecular weight is 414 g/mol. The van der Waals surface area contributed by atoms with Gasteiger partial charge in [-0.2, -0.15) is 0 Å². The fraction of sp³-hybridized carbons (Fsp3) is 0.625. The third kappa shape index (κ3) is 5.41. The summed E-state index contributed by atoms with van der Waals surface area (Å²) in [6, 6.07) is 8.11. The number of benzene rings is 1. The number of hydrogen-bond acceptors (Lipinski definition) is 3. The molecule has 6 heteroatoms. The number of unbranched alkanes of at least 4 members (excludes halogenated alkanes) is 1. The molecule has 2 N–H and O–H groups in total. The Hall–Kier alpha value is -2.37. The van der Waals surface area contributed by atoms with Crippen LogP contribution in [-0.2, 0) is 20.9 Å². The zero-order valence-electron chi connectivity index (χ0n) is 18.3. The van der Waals surface area contributed by atoms with Crippen LogP contribution >= 0.6 is 0 Å². The first-order valence-electron chi connectivity index (χ1n) is 11.4. The van der Waals surface area contributed by atoms with Crippen LogP contribution in [0.2, 0.25) is 0 Å². The number of aryl methyl sites for hydroxylation is 1. The van der Waals surface area contributed by atoms with E-state index >= 15 is 0 Å². The normalized spacial score (nSPS) is 20.8. The summed E-state index contributed by atoms with van der Waals surface area (Å²) >= 11 is 0. The molecule has 164 valence electrons. The van der Waals surface area contributed by atoms with Crippen molar-refractivity contribution in [3.05, 3.63) is 35.4 Å². The van der Waals surface area contributed by atoms with Gasteiger partial charge in [-0.3, -0.25) is 14.4 Å². The van der Waals surface area contributed by atoms with Gasteiger partial charge in [0, 0.05) is 26.1 Å². The topological polar surface area (TPSA) is 78.5 Å². The van der Waals surface area contributed by atoms with E-state index in [1.165, 1.54) is 5.56 Å². The quantitative estimate of drug-likeness (QED) is 0.643. The van der Waals surface area contributed by atoms with Gasteiger partial charge in [0.05, 0.1) is 5.92 Å². The summed E-state index contributed by atoms with van der Waals surface area (Å²) in [5, 5.41) is 6.10. The molecule has 2 fully saturated rings. The van der Waals surface area contributed by atoms with Crippen molar-refractivity contribution in [2.75, 3.05) is 13.1 Å². The third-order valence-corrected chi connectivity index (χ3v) is 6.40. The number of amides is 3. The molecule has 1 aromatic rings. The Kier molecular flexibility index (Phi) is 7.51. The first-order valence-corrected chi connectivity index (χ1v) is 11.4. The lowest BCUT2D eigenvalue weighted by Gasteiger charge is -2.37. The van der Waals surface area contributed by atoms with E-state index in [4.69, 9.17) is 0 Å². The van der Waals surface area contributed by atoms with Crippen LogP contribution in [0.4, 0.5) is 0 Å². The lowest BCUT2D eigenvalue weighted by molar-refractivity contribution is -0.136. The number of likely N-dealkylation sites (tertiary alicyclic amines) is 1. The Bertz CT molecular complexity index is 753. The molecular formula is C24H35N3O3. The van der Waals surface area contributed by atoms with E-state index in [2.05, 4.69) is 17.6 Å². The predicted octanol–water partition coefficient (Wildman–Crippen LogP) is 3.08. The first kappa shape index (κ1) is 22.3.